The molecule has 0 radical (unpaired) electrons. The van der Waals surface area contributed by atoms with Gasteiger partial charge < -0.3 is 4.74 Å². The Balaban J connectivity index is 3.13. The van der Waals surface area contributed by atoms with Gasteiger partial charge in [-0.15, -0.1) is 0 Å². The van der Waals surface area contributed by atoms with Gasteiger partial charge in [-0.25, -0.2) is 8.42 Å². The van der Waals surface area contributed by atoms with E-state index in [0.29, 0.717) is 3.58 Å². The number of hydrogen-bond acceptors (Lipinski definition) is 4. The van der Waals surface area contributed by atoms with E-state index < -0.39 is 28.1 Å². The number of halogens is 1. The van der Waals surface area contributed by atoms with Crippen molar-refractivity contribution >= 4 is 38.6 Å². The Bertz CT molecular complexity index is 668. The molecule has 0 spiro atoms. The zero-order valence-electron chi connectivity index (χ0n) is 13.7. The van der Waals surface area contributed by atoms with Gasteiger partial charge in [0.1, 0.15) is 6.10 Å². The maximum atomic E-state index is 12.6. The van der Waals surface area contributed by atoms with Crippen LogP contribution in [-0.2, 0) is 19.6 Å². The molecule has 0 unspecified atom stereocenters. The van der Waals surface area contributed by atoms with Crippen LogP contribution in [0.2, 0.25) is 0 Å². The Labute approximate surface area is 151 Å². The van der Waals surface area contributed by atoms with Crippen LogP contribution in [0.1, 0.15) is 26.3 Å². The van der Waals surface area contributed by atoms with Crippen molar-refractivity contribution in [2.24, 2.45) is 5.92 Å². The normalized spacial score (nSPS) is 14.3. The van der Waals surface area contributed by atoms with Crippen LogP contribution in [0.15, 0.2) is 39.3 Å². The lowest BCUT2D eigenvalue weighted by atomic mass is 10.0. The zero-order valence-corrected chi connectivity index (χ0v) is 16.6. The van der Waals surface area contributed by atoms with Crippen molar-refractivity contribution in [2.75, 3.05) is 0 Å². The van der Waals surface area contributed by atoms with Crippen LogP contribution in [0.25, 0.3) is 0 Å². The Kier molecular flexibility index (Phi) is 7.22. The van der Waals surface area contributed by atoms with E-state index in [1.165, 1.54) is 6.92 Å². The van der Waals surface area contributed by atoms with Crippen LogP contribution in [0.5, 0.6) is 0 Å². The minimum absolute atomic E-state index is 0.0730. The van der Waals surface area contributed by atoms with Crippen LogP contribution < -0.4 is 4.72 Å². The fraction of sp³-hybridized carbons (Fsp3) is 0.438. The number of nitrogens with one attached hydrogen (secondary N) is 1. The van der Waals surface area contributed by atoms with Crippen molar-refractivity contribution in [1.29, 1.82) is 0 Å². The highest BCUT2D eigenvalue weighted by Gasteiger charge is 2.32. The summed E-state index contributed by atoms with van der Waals surface area (Å²) in [4.78, 5) is 11.5. The minimum Gasteiger partial charge on any atom is -0.460 e. The first kappa shape index (κ1) is 20.1. The number of hydrogen-bond donors (Lipinski definition) is 1. The van der Waals surface area contributed by atoms with E-state index in [9.17, 15) is 13.2 Å². The molecule has 2 atom stereocenters. The van der Waals surface area contributed by atoms with Crippen LogP contribution in [0, 0.1) is 12.8 Å². The van der Waals surface area contributed by atoms with E-state index in [-0.39, 0.29) is 10.8 Å². The first-order valence-corrected chi connectivity index (χ1v) is 9.71. The Morgan fingerprint density at radius 1 is 1.26 bits per heavy atom. The summed E-state index contributed by atoms with van der Waals surface area (Å²) in [7, 11) is -3.74. The van der Waals surface area contributed by atoms with Crippen LogP contribution in [0.3, 0.4) is 0 Å². The van der Waals surface area contributed by atoms with Crippen LogP contribution in [-0.4, -0.2) is 26.5 Å². The Morgan fingerprint density at radius 2 is 1.78 bits per heavy atom. The number of esters is 1. The number of ether oxygens (including phenoxy) is 1. The second-order valence-electron chi connectivity index (χ2n) is 5.68. The summed E-state index contributed by atoms with van der Waals surface area (Å²) in [6, 6.07) is 5.84. The van der Waals surface area contributed by atoms with Gasteiger partial charge in [0.2, 0.25) is 10.0 Å². The molecule has 0 saturated heterocycles. The van der Waals surface area contributed by atoms with Crippen molar-refractivity contribution < 1.29 is 17.9 Å². The molecule has 1 aromatic rings. The predicted molar refractivity (Wildman–Crippen MR) is 98.8 cm³/mol. The fourth-order valence-corrected chi connectivity index (χ4v) is 4.01. The fourth-order valence-electron chi connectivity index (χ4n) is 2.04. The first-order chi connectivity index (χ1) is 10.5. The Morgan fingerprint density at radius 3 is 2.17 bits per heavy atom. The first-order valence-electron chi connectivity index (χ1n) is 7.15. The molecule has 0 aromatic heterocycles. The summed E-state index contributed by atoms with van der Waals surface area (Å²) in [5, 5.41) is 0. The number of sulfonamides is 1. The van der Waals surface area contributed by atoms with Gasteiger partial charge >= 0.3 is 5.97 Å². The van der Waals surface area contributed by atoms with Gasteiger partial charge in [-0.1, -0.05) is 38.1 Å². The maximum absolute atomic E-state index is 12.6. The van der Waals surface area contributed by atoms with E-state index in [1.807, 2.05) is 43.4 Å². The van der Waals surface area contributed by atoms with Gasteiger partial charge in [0.05, 0.1) is 10.9 Å². The number of carbonyl (C=O) groups is 1. The molecule has 5 nitrogen and oxygen atoms in total. The second kappa shape index (κ2) is 8.25. The molecule has 1 N–H and O–H groups in total. The predicted octanol–water partition coefficient (Wildman–Crippen LogP) is 3.18. The summed E-state index contributed by atoms with van der Waals surface area (Å²) in [5.41, 5.74) is 0.971. The maximum Gasteiger partial charge on any atom is 0.302 e. The van der Waals surface area contributed by atoms with E-state index in [0.717, 1.165) is 5.56 Å². The van der Waals surface area contributed by atoms with Crippen molar-refractivity contribution in [3.05, 3.63) is 40.0 Å². The van der Waals surface area contributed by atoms with Gasteiger partial charge in [-0.2, -0.15) is 4.72 Å². The van der Waals surface area contributed by atoms with Crippen molar-refractivity contribution in [2.45, 2.75) is 44.7 Å². The number of aryl methyl sites for hydroxylation is 1. The average Bonchev–Trinajstić information content (AvgIpc) is 2.42. The molecule has 0 bridgehead atoms. The minimum atomic E-state index is -3.74. The third-order valence-electron chi connectivity index (χ3n) is 3.24. The summed E-state index contributed by atoms with van der Waals surface area (Å²) in [6.45, 7) is 10.7. The summed E-state index contributed by atoms with van der Waals surface area (Å²) in [5.74, 6) is -0.531. The summed E-state index contributed by atoms with van der Waals surface area (Å²) < 4.78 is 33.6. The third-order valence-corrected chi connectivity index (χ3v) is 5.37. The SMILES string of the molecule is C=C(I)[C@H](NS(=O)(=O)c1ccc(C)cc1)[C@H](OC(C)=O)C(C)C. The van der Waals surface area contributed by atoms with Crippen LogP contribution in [0.4, 0.5) is 0 Å². The lowest BCUT2D eigenvalue weighted by molar-refractivity contribution is -0.149. The van der Waals surface area contributed by atoms with Gasteiger partial charge in [0, 0.05) is 10.5 Å². The molecule has 23 heavy (non-hydrogen) atoms. The molecule has 128 valence electrons. The number of rotatable bonds is 7. The summed E-state index contributed by atoms with van der Waals surface area (Å²) >= 11 is 1.95. The highest BCUT2D eigenvalue weighted by atomic mass is 127. The molecular formula is C16H22INO4S. The Hall–Kier alpha value is -0.930. The zero-order chi connectivity index (χ0) is 17.8. The molecule has 0 saturated carbocycles. The van der Waals surface area contributed by atoms with Crippen molar-refractivity contribution in [3.8, 4) is 0 Å². The van der Waals surface area contributed by atoms with Gasteiger partial charge in [0.25, 0.3) is 0 Å². The topological polar surface area (TPSA) is 72.5 Å². The largest absolute Gasteiger partial charge is 0.460 e. The molecule has 0 aliphatic carbocycles. The van der Waals surface area contributed by atoms with E-state index in [1.54, 1.807) is 24.3 Å². The quantitative estimate of drug-likeness (QED) is 0.511. The molecule has 0 fully saturated rings. The van der Waals surface area contributed by atoms with Crippen molar-refractivity contribution in [3.63, 3.8) is 0 Å². The lowest BCUT2D eigenvalue weighted by Gasteiger charge is -2.29. The van der Waals surface area contributed by atoms with Gasteiger partial charge in [-0.05, 0) is 47.6 Å². The van der Waals surface area contributed by atoms with E-state index in [4.69, 9.17) is 4.74 Å². The molecule has 7 heteroatoms. The lowest BCUT2D eigenvalue weighted by Crippen LogP contribution is -2.47. The highest BCUT2D eigenvalue weighted by Crippen LogP contribution is 2.23. The van der Waals surface area contributed by atoms with E-state index in [2.05, 4.69) is 11.3 Å². The second-order valence-corrected chi connectivity index (χ2v) is 8.78. The standard InChI is InChI=1S/C16H22INO4S/c1-10(2)16(22-13(5)19)15(12(4)17)18-23(20,21)14-8-6-11(3)7-9-14/h6-10,15-16,18H,4H2,1-3,5H3/t15-,16+/m0/s1. The number of benzene rings is 1. The average molecular weight is 451 g/mol. The monoisotopic (exact) mass is 451 g/mol. The van der Waals surface area contributed by atoms with Gasteiger partial charge in [0.15, 0.2) is 0 Å². The smallest absolute Gasteiger partial charge is 0.302 e. The molecule has 1 rings (SSSR count). The molecular weight excluding hydrogens is 429 g/mol. The molecule has 0 amide bonds. The highest BCUT2D eigenvalue weighted by molar-refractivity contribution is 14.1. The van der Waals surface area contributed by atoms with Crippen LogP contribution >= 0.6 is 22.6 Å². The molecule has 0 aliphatic rings. The van der Waals surface area contributed by atoms with E-state index >= 15 is 0 Å². The van der Waals surface area contributed by atoms with Crippen molar-refractivity contribution in [1.82, 2.24) is 4.72 Å². The number of carbonyl (C=O) groups excluding carboxylic acids is 1. The van der Waals surface area contributed by atoms with Gasteiger partial charge in [-0.3, -0.25) is 4.79 Å². The molecule has 1 aromatic carbocycles. The summed E-state index contributed by atoms with van der Waals surface area (Å²) in [6.07, 6.45) is -0.628. The molecule has 0 aliphatic heterocycles. The molecule has 0 heterocycles. The third kappa shape index (κ3) is 5.89.